The normalized spacial score (nSPS) is 9.80. The van der Waals surface area contributed by atoms with Crippen molar-refractivity contribution in [3.05, 3.63) is 62.0 Å². The van der Waals surface area contributed by atoms with E-state index in [1.54, 1.807) is 24.5 Å². The summed E-state index contributed by atoms with van der Waals surface area (Å²) in [6.07, 6.45) is 6.68. The second-order valence-corrected chi connectivity index (χ2v) is 3.97. The molecular weight excluding hydrogens is 252 g/mol. The molecule has 0 saturated carbocycles. The van der Waals surface area contributed by atoms with Crippen LogP contribution in [0.3, 0.4) is 0 Å². The molecule has 0 unspecified atom stereocenters. The van der Waals surface area contributed by atoms with Gasteiger partial charge in [0.15, 0.2) is 11.6 Å². The first-order chi connectivity index (χ1) is 9.83. The lowest BCUT2D eigenvalue weighted by Gasteiger charge is -2.05. The molecule has 0 radical (unpaired) electrons. The van der Waals surface area contributed by atoms with Gasteiger partial charge in [-0.2, -0.15) is 0 Å². The fourth-order valence-corrected chi connectivity index (χ4v) is 1.55. The van der Waals surface area contributed by atoms with Crippen molar-refractivity contribution in [2.75, 3.05) is 13.2 Å². The van der Waals surface area contributed by atoms with Crippen LogP contribution in [0.15, 0.2) is 62.0 Å². The summed E-state index contributed by atoms with van der Waals surface area (Å²) in [5.74, 6) is 2.06. The summed E-state index contributed by atoms with van der Waals surface area (Å²) in [6, 6.07) is 7.59. The van der Waals surface area contributed by atoms with Crippen molar-refractivity contribution in [1.82, 2.24) is 9.97 Å². The van der Waals surface area contributed by atoms with Crippen LogP contribution >= 0.6 is 0 Å². The van der Waals surface area contributed by atoms with Crippen molar-refractivity contribution in [2.45, 2.75) is 0 Å². The molecule has 0 spiro atoms. The molecule has 102 valence electrons. The zero-order chi connectivity index (χ0) is 14.2. The van der Waals surface area contributed by atoms with Gasteiger partial charge in [0, 0.05) is 5.56 Å². The van der Waals surface area contributed by atoms with Crippen LogP contribution in [-0.2, 0) is 0 Å². The number of benzene rings is 1. The van der Waals surface area contributed by atoms with Crippen molar-refractivity contribution < 1.29 is 9.47 Å². The SMILES string of the molecule is C=CCOc1ccc(-c2ncc(OCC=C)cn2)cc1. The molecule has 1 aromatic carbocycles. The highest BCUT2D eigenvalue weighted by Crippen LogP contribution is 2.20. The molecule has 2 aromatic rings. The predicted molar refractivity (Wildman–Crippen MR) is 78.9 cm³/mol. The Morgan fingerprint density at radius 3 is 1.95 bits per heavy atom. The van der Waals surface area contributed by atoms with Gasteiger partial charge < -0.3 is 9.47 Å². The van der Waals surface area contributed by atoms with Gasteiger partial charge in [-0.05, 0) is 24.3 Å². The van der Waals surface area contributed by atoms with Crippen LogP contribution in [0, 0.1) is 0 Å². The van der Waals surface area contributed by atoms with Crippen molar-refractivity contribution >= 4 is 0 Å². The van der Waals surface area contributed by atoms with Crippen LogP contribution in [0.5, 0.6) is 11.5 Å². The molecule has 0 N–H and O–H groups in total. The van der Waals surface area contributed by atoms with E-state index >= 15 is 0 Å². The molecule has 1 aromatic heterocycles. The minimum atomic E-state index is 0.443. The standard InChI is InChI=1S/C16H16N2O2/c1-3-9-19-14-7-5-13(6-8-14)16-17-11-15(12-18-16)20-10-4-2/h3-8,11-12H,1-2,9-10H2. The van der Waals surface area contributed by atoms with E-state index in [1.165, 1.54) is 0 Å². The lowest BCUT2D eigenvalue weighted by molar-refractivity contribution is 0.360. The lowest BCUT2D eigenvalue weighted by atomic mass is 10.2. The third kappa shape index (κ3) is 3.68. The second-order valence-electron chi connectivity index (χ2n) is 3.97. The van der Waals surface area contributed by atoms with Crippen molar-refractivity contribution in [3.63, 3.8) is 0 Å². The molecule has 20 heavy (non-hydrogen) atoms. The maximum Gasteiger partial charge on any atom is 0.159 e. The molecule has 1 heterocycles. The zero-order valence-corrected chi connectivity index (χ0v) is 11.2. The highest BCUT2D eigenvalue weighted by atomic mass is 16.5. The van der Waals surface area contributed by atoms with Crippen LogP contribution < -0.4 is 9.47 Å². The van der Waals surface area contributed by atoms with Crippen molar-refractivity contribution in [2.24, 2.45) is 0 Å². The lowest BCUT2D eigenvalue weighted by Crippen LogP contribution is -1.96. The minimum Gasteiger partial charge on any atom is -0.490 e. The number of nitrogens with zero attached hydrogens (tertiary/aromatic N) is 2. The van der Waals surface area contributed by atoms with E-state index in [0.29, 0.717) is 24.8 Å². The Bertz CT molecular complexity index is 509. The van der Waals surface area contributed by atoms with Crippen molar-refractivity contribution in [1.29, 1.82) is 0 Å². The smallest absolute Gasteiger partial charge is 0.159 e. The van der Waals surface area contributed by atoms with Crippen molar-refractivity contribution in [3.8, 4) is 22.9 Å². The second kappa shape index (κ2) is 7.09. The number of aromatic nitrogens is 2. The average Bonchev–Trinajstić information content (AvgIpc) is 2.52. The minimum absolute atomic E-state index is 0.443. The van der Waals surface area contributed by atoms with Gasteiger partial charge in [0.1, 0.15) is 19.0 Å². The molecule has 0 atom stereocenters. The zero-order valence-electron chi connectivity index (χ0n) is 11.2. The van der Waals surface area contributed by atoms with E-state index in [2.05, 4.69) is 23.1 Å². The summed E-state index contributed by atoms with van der Waals surface area (Å²) in [6.45, 7) is 8.13. The molecule has 4 nitrogen and oxygen atoms in total. The van der Waals surface area contributed by atoms with E-state index < -0.39 is 0 Å². The highest BCUT2D eigenvalue weighted by Gasteiger charge is 2.02. The van der Waals surface area contributed by atoms with Crippen LogP contribution in [0.25, 0.3) is 11.4 Å². The number of rotatable bonds is 7. The first-order valence-electron chi connectivity index (χ1n) is 6.23. The summed E-state index contributed by atoms with van der Waals surface area (Å²) < 4.78 is 10.8. The van der Waals surface area contributed by atoms with E-state index in [0.717, 1.165) is 11.3 Å². The van der Waals surface area contributed by atoms with E-state index in [4.69, 9.17) is 9.47 Å². The summed E-state index contributed by atoms with van der Waals surface area (Å²) in [7, 11) is 0. The Balaban J connectivity index is 2.06. The quantitative estimate of drug-likeness (QED) is 0.723. The topological polar surface area (TPSA) is 44.2 Å². The third-order valence-corrected chi connectivity index (χ3v) is 2.48. The maximum absolute atomic E-state index is 5.42. The van der Waals surface area contributed by atoms with Crippen LogP contribution in [0.4, 0.5) is 0 Å². The molecule has 0 bridgehead atoms. The summed E-state index contributed by atoms with van der Waals surface area (Å²) in [5, 5.41) is 0. The van der Waals surface area contributed by atoms with E-state index in [1.807, 2.05) is 24.3 Å². The molecular formula is C16H16N2O2. The molecule has 0 saturated heterocycles. The molecule has 4 heteroatoms. The highest BCUT2D eigenvalue weighted by molar-refractivity contribution is 5.56. The van der Waals surface area contributed by atoms with Crippen LogP contribution in [0.1, 0.15) is 0 Å². The van der Waals surface area contributed by atoms with Crippen LogP contribution in [-0.4, -0.2) is 23.2 Å². The largest absolute Gasteiger partial charge is 0.490 e. The number of hydrogen-bond acceptors (Lipinski definition) is 4. The fraction of sp³-hybridized carbons (Fsp3) is 0.125. The third-order valence-electron chi connectivity index (χ3n) is 2.48. The molecule has 2 rings (SSSR count). The summed E-state index contributed by atoms with van der Waals surface area (Å²) >= 11 is 0. The van der Waals surface area contributed by atoms with Gasteiger partial charge in [0.2, 0.25) is 0 Å². The molecule has 0 fully saturated rings. The van der Waals surface area contributed by atoms with Gasteiger partial charge >= 0.3 is 0 Å². The molecule has 0 aliphatic rings. The predicted octanol–water partition coefficient (Wildman–Crippen LogP) is 3.27. The van der Waals surface area contributed by atoms with Gasteiger partial charge in [0.05, 0.1) is 12.4 Å². The Labute approximate surface area is 118 Å². The van der Waals surface area contributed by atoms with E-state index in [9.17, 15) is 0 Å². The fourth-order valence-electron chi connectivity index (χ4n) is 1.55. The Morgan fingerprint density at radius 2 is 1.40 bits per heavy atom. The molecule has 0 aliphatic carbocycles. The summed E-state index contributed by atoms with van der Waals surface area (Å²) in [4.78, 5) is 8.53. The van der Waals surface area contributed by atoms with Crippen LogP contribution in [0.2, 0.25) is 0 Å². The number of hydrogen-bond donors (Lipinski definition) is 0. The number of ether oxygens (including phenoxy) is 2. The van der Waals surface area contributed by atoms with E-state index in [-0.39, 0.29) is 0 Å². The average molecular weight is 268 g/mol. The monoisotopic (exact) mass is 268 g/mol. The Morgan fingerprint density at radius 1 is 0.850 bits per heavy atom. The van der Waals surface area contributed by atoms with Gasteiger partial charge in [-0.15, -0.1) is 0 Å². The Hall–Kier alpha value is -2.62. The van der Waals surface area contributed by atoms with Gasteiger partial charge in [0.25, 0.3) is 0 Å². The molecule has 0 aliphatic heterocycles. The first kappa shape index (κ1) is 13.8. The maximum atomic E-state index is 5.42. The van der Waals surface area contributed by atoms with Gasteiger partial charge in [-0.1, -0.05) is 25.3 Å². The van der Waals surface area contributed by atoms with Gasteiger partial charge in [-0.25, -0.2) is 9.97 Å². The summed E-state index contributed by atoms with van der Waals surface area (Å²) in [5.41, 5.74) is 0.922. The van der Waals surface area contributed by atoms with Gasteiger partial charge in [-0.3, -0.25) is 0 Å². The Kier molecular flexibility index (Phi) is 4.89. The molecule has 0 amide bonds. The first-order valence-corrected chi connectivity index (χ1v) is 6.23.